The number of aryl methyl sites for hydroxylation is 1. The molecule has 0 aliphatic rings. The molecule has 0 aliphatic heterocycles. The monoisotopic (exact) mass is 312 g/mol. The molecule has 0 saturated heterocycles. The van der Waals surface area contributed by atoms with Crippen LogP contribution in [0.5, 0.6) is 5.88 Å². The van der Waals surface area contributed by atoms with Crippen LogP contribution in [-0.4, -0.2) is 22.4 Å². The predicted octanol–water partition coefficient (Wildman–Crippen LogP) is 3.85. The second kappa shape index (κ2) is 6.12. The molecular formula is C17H13ClN2O2. The van der Waals surface area contributed by atoms with Crippen molar-refractivity contribution in [1.29, 1.82) is 0 Å². The largest absolute Gasteiger partial charge is 0.469 e. The van der Waals surface area contributed by atoms with E-state index in [9.17, 15) is 4.79 Å². The number of para-hydroxylation sites is 1. The number of rotatable bonds is 4. The maximum Gasteiger partial charge on any atom is 0.225 e. The molecule has 0 saturated carbocycles. The summed E-state index contributed by atoms with van der Waals surface area (Å²) < 4.78 is 5.61. The molecule has 110 valence electrons. The number of aromatic nitrogens is 2. The minimum absolute atomic E-state index is 0.0813. The predicted molar refractivity (Wildman–Crippen MR) is 85.6 cm³/mol. The molecular weight excluding hydrogens is 300 g/mol. The summed E-state index contributed by atoms with van der Waals surface area (Å²) in [5.74, 6) is 0.898. The highest BCUT2D eigenvalue weighted by Crippen LogP contribution is 2.22. The topological polar surface area (TPSA) is 52.1 Å². The molecule has 0 spiro atoms. The normalized spacial score (nSPS) is 10.6. The first-order chi connectivity index (χ1) is 10.6. The number of ketones is 1. The van der Waals surface area contributed by atoms with Gasteiger partial charge in [0.05, 0.1) is 10.9 Å². The number of nitrogens with zero attached hydrogens (tertiary/aromatic N) is 2. The maximum absolute atomic E-state index is 12.1. The van der Waals surface area contributed by atoms with Gasteiger partial charge in [0.1, 0.15) is 5.82 Å². The Balaban J connectivity index is 1.82. The molecule has 3 rings (SSSR count). The average Bonchev–Trinajstić information content (AvgIpc) is 2.52. The van der Waals surface area contributed by atoms with Crippen LogP contribution in [0.4, 0.5) is 0 Å². The third kappa shape index (κ3) is 3.07. The molecule has 0 bridgehead atoms. The van der Waals surface area contributed by atoms with E-state index in [0.29, 0.717) is 22.3 Å². The number of carbonyl (C=O) groups is 1. The summed E-state index contributed by atoms with van der Waals surface area (Å²) >= 11 is 5.81. The zero-order chi connectivity index (χ0) is 15.5. The average molecular weight is 313 g/mol. The van der Waals surface area contributed by atoms with Crippen molar-refractivity contribution in [3.05, 3.63) is 64.9 Å². The van der Waals surface area contributed by atoms with Crippen LogP contribution in [0.1, 0.15) is 16.2 Å². The molecule has 1 aromatic heterocycles. The Bertz CT molecular complexity index is 832. The van der Waals surface area contributed by atoms with Crippen molar-refractivity contribution in [1.82, 2.24) is 9.97 Å². The standard InChI is InChI=1S/C17H13ClN2O2/c1-11-19-15-5-3-2-4-14(15)17(20-11)22-10-16(21)12-6-8-13(18)9-7-12/h2-9H,10H2,1H3. The number of ether oxygens (including phenoxy) is 1. The highest BCUT2D eigenvalue weighted by molar-refractivity contribution is 6.30. The van der Waals surface area contributed by atoms with Crippen LogP contribution in [0.3, 0.4) is 0 Å². The van der Waals surface area contributed by atoms with Gasteiger partial charge in [0.2, 0.25) is 5.88 Å². The van der Waals surface area contributed by atoms with Crippen LogP contribution in [0.25, 0.3) is 10.9 Å². The molecule has 0 fully saturated rings. The van der Waals surface area contributed by atoms with Crippen LogP contribution in [-0.2, 0) is 0 Å². The van der Waals surface area contributed by atoms with E-state index in [0.717, 1.165) is 10.9 Å². The van der Waals surface area contributed by atoms with Crippen molar-refractivity contribution in [3.8, 4) is 5.88 Å². The smallest absolute Gasteiger partial charge is 0.225 e. The van der Waals surface area contributed by atoms with E-state index in [4.69, 9.17) is 16.3 Å². The summed E-state index contributed by atoms with van der Waals surface area (Å²) in [7, 11) is 0. The van der Waals surface area contributed by atoms with E-state index >= 15 is 0 Å². The molecule has 0 unspecified atom stereocenters. The Labute approximate surface area is 132 Å². The Kier molecular flexibility index (Phi) is 4.02. The molecule has 4 nitrogen and oxygen atoms in total. The quantitative estimate of drug-likeness (QED) is 0.687. The van der Waals surface area contributed by atoms with Crippen LogP contribution in [0, 0.1) is 6.92 Å². The van der Waals surface area contributed by atoms with Crippen LogP contribution < -0.4 is 4.74 Å². The number of carbonyl (C=O) groups excluding carboxylic acids is 1. The lowest BCUT2D eigenvalue weighted by atomic mass is 10.1. The van der Waals surface area contributed by atoms with Crippen molar-refractivity contribution in [2.24, 2.45) is 0 Å². The SMILES string of the molecule is Cc1nc(OCC(=O)c2ccc(Cl)cc2)c2ccccc2n1. The van der Waals surface area contributed by atoms with E-state index in [1.54, 1.807) is 31.2 Å². The molecule has 22 heavy (non-hydrogen) atoms. The van der Waals surface area contributed by atoms with E-state index in [1.165, 1.54) is 0 Å². The zero-order valence-corrected chi connectivity index (χ0v) is 12.7. The molecule has 0 aliphatic carbocycles. The van der Waals surface area contributed by atoms with Crippen molar-refractivity contribution in [2.75, 3.05) is 6.61 Å². The molecule has 5 heteroatoms. The fourth-order valence-electron chi connectivity index (χ4n) is 2.12. The zero-order valence-electron chi connectivity index (χ0n) is 11.9. The Morgan fingerprint density at radius 3 is 2.59 bits per heavy atom. The molecule has 0 amide bonds. The summed E-state index contributed by atoms with van der Waals surface area (Å²) in [5, 5.41) is 1.38. The van der Waals surface area contributed by atoms with E-state index < -0.39 is 0 Å². The van der Waals surface area contributed by atoms with Crippen LogP contribution in [0.15, 0.2) is 48.5 Å². The van der Waals surface area contributed by atoms with Crippen LogP contribution >= 0.6 is 11.6 Å². The number of hydrogen-bond acceptors (Lipinski definition) is 4. The van der Waals surface area contributed by atoms with Gasteiger partial charge in [-0.15, -0.1) is 0 Å². The molecule has 3 aromatic rings. The van der Waals surface area contributed by atoms with Gasteiger partial charge < -0.3 is 4.74 Å². The lowest BCUT2D eigenvalue weighted by Gasteiger charge is -2.08. The third-order valence-corrected chi connectivity index (χ3v) is 3.44. The number of hydrogen-bond donors (Lipinski definition) is 0. The first kappa shape index (κ1) is 14.5. The summed E-state index contributed by atoms with van der Waals surface area (Å²) in [6.07, 6.45) is 0. The summed E-state index contributed by atoms with van der Waals surface area (Å²) in [4.78, 5) is 20.8. The highest BCUT2D eigenvalue weighted by atomic mass is 35.5. The Morgan fingerprint density at radius 2 is 1.82 bits per heavy atom. The first-order valence-corrected chi connectivity index (χ1v) is 7.16. The summed E-state index contributed by atoms with van der Waals surface area (Å²) in [6.45, 7) is 1.71. The van der Waals surface area contributed by atoms with Gasteiger partial charge in [-0.05, 0) is 43.3 Å². The van der Waals surface area contributed by atoms with E-state index in [1.807, 2.05) is 24.3 Å². The van der Waals surface area contributed by atoms with Gasteiger partial charge in [-0.1, -0.05) is 23.7 Å². The lowest BCUT2D eigenvalue weighted by molar-refractivity contribution is 0.0919. The fraction of sp³-hybridized carbons (Fsp3) is 0.118. The van der Waals surface area contributed by atoms with Gasteiger partial charge in [0.15, 0.2) is 12.4 Å². The minimum Gasteiger partial charge on any atom is -0.469 e. The third-order valence-electron chi connectivity index (χ3n) is 3.19. The van der Waals surface area contributed by atoms with Gasteiger partial charge in [-0.2, -0.15) is 4.98 Å². The van der Waals surface area contributed by atoms with Crippen LogP contribution in [0.2, 0.25) is 5.02 Å². The van der Waals surface area contributed by atoms with Crippen molar-refractivity contribution in [2.45, 2.75) is 6.92 Å². The molecule has 1 heterocycles. The Morgan fingerprint density at radius 1 is 1.09 bits per heavy atom. The van der Waals surface area contributed by atoms with Gasteiger partial charge >= 0.3 is 0 Å². The number of halogens is 1. The minimum atomic E-state index is -0.128. The summed E-state index contributed by atoms with van der Waals surface area (Å²) in [5.41, 5.74) is 1.35. The molecule has 0 radical (unpaired) electrons. The van der Waals surface area contributed by atoms with Gasteiger partial charge in [0, 0.05) is 10.6 Å². The second-order valence-corrected chi connectivity index (χ2v) is 5.25. The fourth-order valence-corrected chi connectivity index (χ4v) is 2.25. The Hall–Kier alpha value is -2.46. The molecule has 0 atom stereocenters. The second-order valence-electron chi connectivity index (χ2n) is 4.81. The number of fused-ring (bicyclic) bond motifs is 1. The van der Waals surface area contributed by atoms with Crippen molar-refractivity contribution >= 4 is 28.3 Å². The first-order valence-electron chi connectivity index (χ1n) is 6.78. The van der Waals surface area contributed by atoms with Gasteiger partial charge in [-0.3, -0.25) is 4.79 Å². The molecule has 0 N–H and O–H groups in total. The van der Waals surface area contributed by atoms with Crippen molar-refractivity contribution < 1.29 is 9.53 Å². The van der Waals surface area contributed by atoms with E-state index in [-0.39, 0.29) is 12.4 Å². The lowest BCUT2D eigenvalue weighted by Crippen LogP contribution is -2.12. The maximum atomic E-state index is 12.1. The van der Waals surface area contributed by atoms with Crippen molar-refractivity contribution in [3.63, 3.8) is 0 Å². The number of Topliss-reactive ketones (excluding diaryl/α,β-unsaturated/α-hetero) is 1. The highest BCUT2D eigenvalue weighted by Gasteiger charge is 2.10. The van der Waals surface area contributed by atoms with Gasteiger partial charge in [0.25, 0.3) is 0 Å². The molecule has 2 aromatic carbocycles. The van der Waals surface area contributed by atoms with Gasteiger partial charge in [-0.25, -0.2) is 4.98 Å². The summed E-state index contributed by atoms with van der Waals surface area (Å²) in [6, 6.07) is 14.3. The number of benzene rings is 2. The van der Waals surface area contributed by atoms with E-state index in [2.05, 4.69) is 9.97 Å².